The highest BCUT2D eigenvalue weighted by atomic mass is 32.2. The van der Waals surface area contributed by atoms with E-state index in [1.807, 2.05) is 13.8 Å². The Morgan fingerprint density at radius 3 is 2.39 bits per heavy atom. The molecule has 0 aromatic carbocycles. The first-order valence-electron chi connectivity index (χ1n) is 5.79. The van der Waals surface area contributed by atoms with Crippen molar-refractivity contribution in [2.45, 2.75) is 46.2 Å². The summed E-state index contributed by atoms with van der Waals surface area (Å²) in [7, 11) is -1.99. The second-order valence-corrected chi connectivity index (χ2v) is 6.45. The van der Waals surface area contributed by atoms with E-state index < -0.39 is 10.2 Å². The average molecular weight is 276 g/mol. The van der Waals surface area contributed by atoms with E-state index in [-0.39, 0.29) is 18.5 Å². The van der Waals surface area contributed by atoms with Gasteiger partial charge in [0.1, 0.15) is 0 Å². The van der Waals surface area contributed by atoms with Gasteiger partial charge in [-0.1, -0.05) is 19.0 Å². The van der Waals surface area contributed by atoms with E-state index in [2.05, 4.69) is 14.9 Å². The highest BCUT2D eigenvalue weighted by molar-refractivity contribution is 7.87. The zero-order valence-electron chi connectivity index (χ0n) is 11.3. The van der Waals surface area contributed by atoms with Crippen LogP contribution in [0.25, 0.3) is 0 Å². The Morgan fingerprint density at radius 1 is 1.33 bits per heavy atom. The van der Waals surface area contributed by atoms with Gasteiger partial charge in [-0.05, 0) is 13.8 Å². The second-order valence-electron chi connectivity index (χ2n) is 4.64. The Labute approximate surface area is 108 Å². The molecule has 1 heterocycles. The lowest BCUT2D eigenvalue weighted by molar-refractivity contribution is 0.359. The molecular formula is C10H20N4O3S. The van der Waals surface area contributed by atoms with Crippen LogP contribution in [-0.4, -0.2) is 36.0 Å². The van der Waals surface area contributed by atoms with E-state index in [1.165, 1.54) is 11.4 Å². The van der Waals surface area contributed by atoms with E-state index in [1.54, 1.807) is 13.8 Å². The van der Waals surface area contributed by atoms with E-state index >= 15 is 0 Å². The summed E-state index contributed by atoms with van der Waals surface area (Å²) in [6.07, 6.45) is 0. The molecule has 8 heteroatoms. The monoisotopic (exact) mass is 276 g/mol. The van der Waals surface area contributed by atoms with E-state index in [0.29, 0.717) is 11.7 Å². The molecule has 0 aliphatic carbocycles. The van der Waals surface area contributed by atoms with Crippen LogP contribution in [0, 0.1) is 0 Å². The van der Waals surface area contributed by atoms with Crippen molar-refractivity contribution in [3.63, 3.8) is 0 Å². The molecule has 0 saturated carbocycles. The minimum atomic E-state index is -3.51. The van der Waals surface area contributed by atoms with Crippen LogP contribution in [0.5, 0.6) is 0 Å². The lowest BCUT2D eigenvalue weighted by Crippen LogP contribution is -2.41. The summed E-state index contributed by atoms with van der Waals surface area (Å²) in [6, 6.07) is -0.112. The molecule has 0 fully saturated rings. The molecule has 1 aromatic heterocycles. The molecule has 0 radical (unpaired) electrons. The molecule has 7 nitrogen and oxygen atoms in total. The predicted molar refractivity (Wildman–Crippen MR) is 67.0 cm³/mol. The number of nitrogens with zero attached hydrogens (tertiary/aromatic N) is 3. The third-order valence-electron chi connectivity index (χ3n) is 2.50. The topological polar surface area (TPSA) is 88.3 Å². The number of rotatable bonds is 6. The Kier molecular flexibility index (Phi) is 4.83. The van der Waals surface area contributed by atoms with Crippen LogP contribution in [0.15, 0.2) is 4.52 Å². The quantitative estimate of drug-likeness (QED) is 0.832. The minimum Gasteiger partial charge on any atom is -0.339 e. The largest absolute Gasteiger partial charge is 0.339 e. The maximum absolute atomic E-state index is 11.8. The summed E-state index contributed by atoms with van der Waals surface area (Å²) >= 11 is 0. The number of aromatic nitrogens is 2. The van der Waals surface area contributed by atoms with E-state index in [9.17, 15) is 8.42 Å². The van der Waals surface area contributed by atoms with Gasteiger partial charge < -0.3 is 4.52 Å². The Morgan fingerprint density at radius 2 is 1.94 bits per heavy atom. The van der Waals surface area contributed by atoms with Crippen LogP contribution in [0.3, 0.4) is 0 Å². The summed E-state index contributed by atoms with van der Waals surface area (Å²) < 4.78 is 32.3. The van der Waals surface area contributed by atoms with Crippen LogP contribution in [0.1, 0.15) is 45.3 Å². The Hall–Kier alpha value is -0.990. The highest BCUT2D eigenvalue weighted by Gasteiger charge is 2.21. The Balaban J connectivity index is 2.64. The van der Waals surface area contributed by atoms with Gasteiger partial charge in [-0.2, -0.15) is 22.4 Å². The fourth-order valence-corrected chi connectivity index (χ4v) is 2.18. The molecule has 0 spiro atoms. The first kappa shape index (κ1) is 15.1. The fraction of sp³-hybridized carbons (Fsp3) is 0.800. The summed E-state index contributed by atoms with van der Waals surface area (Å²) in [5.74, 6) is 0.960. The van der Waals surface area contributed by atoms with Gasteiger partial charge in [0.2, 0.25) is 5.89 Å². The molecule has 1 rings (SSSR count). The molecule has 0 saturated heterocycles. The maximum Gasteiger partial charge on any atom is 0.279 e. The van der Waals surface area contributed by atoms with Crippen LogP contribution in [-0.2, 0) is 16.8 Å². The lowest BCUT2D eigenvalue weighted by Gasteiger charge is -2.20. The van der Waals surface area contributed by atoms with Gasteiger partial charge in [-0.3, -0.25) is 0 Å². The first-order chi connectivity index (χ1) is 8.24. The first-order valence-corrected chi connectivity index (χ1v) is 7.23. The van der Waals surface area contributed by atoms with Crippen molar-refractivity contribution in [2.75, 3.05) is 7.05 Å². The predicted octanol–water partition coefficient (Wildman–Crippen LogP) is 0.868. The third-order valence-corrected chi connectivity index (χ3v) is 4.19. The average Bonchev–Trinajstić information content (AvgIpc) is 2.74. The van der Waals surface area contributed by atoms with Crippen LogP contribution in [0.4, 0.5) is 0 Å². The fourth-order valence-electron chi connectivity index (χ4n) is 1.11. The van der Waals surface area contributed by atoms with Gasteiger partial charge in [-0.15, -0.1) is 0 Å². The lowest BCUT2D eigenvalue weighted by atomic mass is 10.2. The maximum atomic E-state index is 11.8. The third kappa shape index (κ3) is 3.76. The number of nitrogens with one attached hydrogen (secondary N) is 1. The van der Waals surface area contributed by atoms with Gasteiger partial charge in [-0.25, -0.2) is 0 Å². The van der Waals surface area contributed by atoms with Gasteiger partial charge in [0.25, 0.3) is 10.2 Å². The smallest absolute Gasteiger partial charge is 0.279 e. The van der Waals surface area contributed by atoms with Crippen molar-refractivity contribution in [1.29, 1.82) is 0 Å². The molecule has 0 aliphatic heterocycles. The molecule has 0 bridgehead atoms. The molecular weight excluding hydrogens is 256 g/mol. The summed E-state index contributed by atoms with van der Waals surface area (Å²) in [5, 5.41) is 3.71. The van der Waals surface area contributed by atoms with E-state index in [4.69, 9.17) is 4.52 Å². The molecule has 0 amide bonds. The molecule has 18 heavy (non-hydrogen) atoms. The molecule has 1 aromatic rings. The summed E-state index contributed by atoms with van der Waals surface area (Å²) in [4.78, 5) is 4.09. The molecule has 0 aliphatic rings. The van der Waals surface area contributed by atoms with Crippen molar-refractivity contribution < 1.29 is 12.9 Å². The van der Waals surface area contributed by atoms with E-state index in [0.717, 1.165) is 0 Å². The van der Waals surface area contributed by atoms with Crippen LogP contribution in [0.2, 0.25) is 0 Å². The number of hydrogen-bond donors (Lipinski definition) is 1. The van der Waals surface area contributed by atoms with Crippen molar-refractivity contribution >= 4 is 10.2 Å². The van der Waals surface area contributed by atoms with Gasteiger partial charge in [0.15, 0.2) is 5.82 Å². The van der Waals surface area contributed by atoms with Gasteiger partial charge in [0.05, 0.1) is 6.54 Å². The summed E-state index contributed by atoms with van der Waals surface area (Å²) in [6.45, 7) is 7.46. The SMILES string of the molecule is CC(C)c1nc(CNS(=O)(=O)N(C)C(C)C)no1. The minimum absolute atomic E-state index is 0.0234. The standard InChI is InChI=1S/C10H20N4O3S/c1-7(2)10-12-9(13-17-10)6-11-18(15,16)14(5)8(3)4/h7-8,11H,6H2,1-5H3. The summed E-state index contributed by atoms with van der Waals surface area (Å²) in [5.41, 5.74) is 0. The van der Waals surface area contributed by atoms with Gasteiger partial charge >= 0.3 is 0 Å². The van der Waals surface area contributed by atoms with Crippen LogP contribution < -0.4 is 4.72 Å². The van der Waals surface area contributed by atoms with Crippen LogP contribution >= 0.6 is 0 Å². The zero-order valence-corrected chi connectivity index (χ0v) is 12.2. The van der Waals surface area contributed by atoms with Gasteiger partial charge in [0, 0.05) is 19.0 Å². The van der Waals surface area contributed by atoms with Crippen molar-refractivity contribution in [3.8, 4) is 0 Å². The van der Waals surface area contributed by atoms with Crippen molar-refractivity contribution in [1.82, 2.24) is 19.2 Å². The van der Waals surface area contributed by atoms with Crippen molar-refractivity contribution in [2.24, 2.45) is 0 Å². The molecule has 1 N–H and O–H groups in total. The normalized spacial score (nSPS) is 12.9. The zero-order chi connectivity index (χ0) is 13.9. The highest BCUT2D eigenvalue weighted by Crippen LogP contribution is 2.11. The number of hydrogen-bond acceptors (Lipinski definition) is 5. The Bertz CT molecular complexity index is 481. The second kappa shape index (κ2) is 5.77. The van der Waals surface area contributed by atoms with Crippen molar-refractivity contribution in [3.05, 3.63) is 11.7 Å². The molecule has 104 valence electrons. The molecule has 0 unspecified atom stereocenters. The molecule has 0 atom stereocenters.